The van der Waals surface area contributed by atoms with Gasteiger partial charge in [-0.1, -0.05) is 53.4 Å². The van der Waals surface area contributed by atoms with E-state index in [-0.39, 0.29) is 17.1 Å². The predicted molar refractivity (Wildman–Crippen MR) is 96.6 cm³/mol. The molecule has 0 amide bonds. The molecule has 0 saturated carbocycles. The fraction of sp³-hybridized carbons (Fsp3) is 0.842. The van der Waals surface area contributed by atoms with Crippen LogP contribution in [-0.2, 0) is 31.0 Å². The molecule has 0 unspecified atom stereocenters. The number of nitroso groups, excluding NO2 is 1. The first-order valence-electron chi connectivity index (χ1n) is 8.89. The SMILES string of the molecule is CCCC[N+](CCCC)(CCCC)CCCC.[C-]#[O+].[C-]#[O+].[C-]#[O+].[Fe].[N]=O. The topological polar surface area (TPSA) is 99.1 Å². The quantitative estimate of drug-likeness (QED) is 0.201. The van der Waals surface area contributed by atoms with E-state index in [0.717, 1.165) is 0 Å². The molecule has 0 atom stereocenters. The molecule has 6 nitrogen and oxygen atoms in total. The minimum absolute atomic E-state index is 0. The summed E-state index contributed by atoms with van der Waals surface area (Å²) >= 11 is 0. The summed E-state index contributed by atoms with van der Waals surface area (Å²) in [7, 11) is 0. The number of hydrogen-bond acceptors (Lipinski definition) is 1. The van der Waals surface area contributed by atoms with Crippen molar-refractivity contribution in [3.05, 3.63) is 24.9 Å². The van der Waals surface area contributed by atoms with E-state index in [4.69, 9.17) is 24.5 Å². The Bertz CT molecular complexity index is 233. The second-order valence-corrected chi connectivity index (χ2v) is 5.65. The van der Waals surface area contributed by atoms with E-state index in [9.17, 15) is 0 Å². The van der Waals surface area contributed by atoms with Gasteiger partial charge in [0, 0.05) is 17.1 Å². The normalized spacial score (nSPS) is 8.23. The maximum atomic E-state index is 7.50. The molecular formula is C19H36FeN2O4+. The molecule has 0 aliphatic rings. The largest absolute Gasteiger partial charge is 0.120 e. The minimum Gasteiger partial charge on any atom is -0.120 e. The van der Waals surface area contributed by atoms with Gasteiger partial charge in [-0.15, -0.1) is 4.91 Å². The molecule has 26 heavy (non-hydrogen) atoms. The van der Waals surface area contributed by atoms with E-state index in [1.165, 1.54) is 82.0 Å². The zero-order valence-electron chi connectivity index (χ0n) is 16.9. The molecule has 0 heterocycles. The number of quaternary nitrogens is 1. The van der Waals surface area contributed by atoms with Crippen molar-refractivity contribution in [2.75, 3.05) is 26.2 Å². The van der Waals surface area contributed by atoms with Gasteiger partial charge in [-0.2, -0.15) is 0 Å². The molecule has 0 rings (SSSR count). The van der Waals surface area contributed by atoms with Crippen molar-refractivity contribution in [3.8, 4) is 0 Å². The van der Waals surface area contributed by atoms with Crippen LogP contribution in [0.15, 0.2) is 0 Å². The van der Waals surface area contributed by atoms with Gasteiger partial charge in [-0.05, 0) is 25.7 Å². The Labute approximate surface area is 171 Å². The van der Waals surface area contributed by atoms with Gasteiger partial charge < -0.3 is 4.48 Å². The molecule has 0 bridgehead atoms. The molecular weight excluding hydrogens is 376 g/mol. The van der Waals surface area contributed by atoms with Crippen LogP contribution in [0, 0.1) is 24.9 Å². The van der Waals surface area contributed by atoms with Crippen molar-refractivity contribution < 1.29 is 35.5 Å². The van der Waals surface area contributed by atoms with Crippen molar-refractivity contribution in [3.63, 3.8) is 0 Å². The smallest absolute Gasteiger partial charge is 0.120 e. The second kappa shape index (κ2) is 44.1. The van der Waals surface area contributed by atoms with Crippen LogP contribution < -0.4 is 5.59 Å². The Morgan fingerprint density at radius 2 is 0.731 bits per heavy atom. The Morgan fingerprint density at radius 1 is 0.577 bits per heavy atom. The van der Waals surface area contributed by atoms with E-state index in [2.05, 4.69) is 47.6 Å². The van der Waals surface area contributed by atoms with E-state index in [1.54, 1.807) is 0 Å². The Hall–Kier alpha value is -0.701. The van der Waals surface area contributed by atoms with Crippen LogP contribution in [0.1, 0.15) is 79.1 Å². The third-order valence-electron chi connectivity index (χ3n) is 3.94. The fourth-order valence-electron chi connectivity index (χ4n) is 2.64. The summed E-state index contributed by atoms with van der Waals surface area (Å²) in [6.07, 6.45) is 11.1. The molecule has 0 N–H and O–H groups in total. The molecule has 0 aromatic heterocycles. The van der Waals surface area contributed by atoms with Crippen LogP contribution in [0.5, 0.6) is 0 Å². The van der Waals surface area contributed by atoms with Crippen molar-refractivity contribution in [1.82, 2.24) is 5.59 Å². The van der Waals surface area contributed by atoms with E-state index in [1.807, 2.05) is 0 Å². The van der Waals surface area contributed by atoms with Gasteiger partial charge in [0.05, 0.1) is 26.2 Å². The van der Waals surface area contributed by atoms with Gasteiger partial charge in [-0.25, -0.2) is 0 Å². The fourth-order valence-corrected chi connectivity index (χ4v) is 2.64. The summed E-state index contributed by atoms with van der Waals surface area (Å²) in [6, 6.07) is 0. The average Bonchev–Trinajstić information content (AvgIpc) is 2.73. The van der Waals surface area contributed by atoms with Crippen molar-refractivity contribution in [2.24, 2.45) is 0 Å². The molecule has 0 saturated heterocycles. The first-order valence-corrected chi connectivity index (χ1v) is 8.89. The maximum Gasteiger partial charge on any atom is 0.120 e. The van der Waals surface area contributed by atoms with Crippen LogP contribution in [0.3, 0.4) is 0 Å². The third-order valence-corrected chi connectivity index (χ3v) is 3.94. The summed E-state index contributed by atoms with van der Waals surface area (Å²) in [6.45, 7) is 28.5. The molecule has 153 valence electrons. The summed E-state index contributed by atoms with van der Waals surface area (Å²) in [5.41, 5.74) is 5.75. The molecule has 7 heteroatoms. The van der Waals surface area contributed by atoms with Gasteiger partial charge in [0.25, 0.3) is 0 Å². The predicted octanol–water partition coefficient (Wildman–Crippen LogP) is 4.44. The van der Waals surface area contributed by atoms with Crippen LogP contribution in [0.4, 0.5) is 0 Å². The van der Waals surface area contributed by atoms with Crippen LogP contribution in [0.25, 0.3) is 0 Å². The van der Waals surface area contributed by atoms with E-state index < -0.39 is 0 Å². The Balaban J connectivity index is -0.0000000972. The second-order valence-electron chi connectivity index (χ2n) is 5.65. The Kier molecular flexibility index (Phi) is 68.0. The molecule has 1 radical (unpaired) electrons. The van der Waals surface area contributed by atoms with Gasteiger partial charge in [0.15, 0.2) is 0 Å². The summed E-state index contributed by atoms with van der Waals surface area (Å²) in [4.78, 5) is 7.25. The monoisotopic (exact) mass is 412 g/mol. The zero-order valence-corrected chi connectivity index (χ0v) is 18.0. The standard InChI is InChI=1S/C16H36N.3CO.Fe.NO/c1-5-9-13-17(14-10-6-2,15-11-7-3)16-12-8-4;3*1-2;;1-2/h5-16H2,1-4H3;;;;;/q+1;;;;;. The summed E-state index contributed by atoms with van der Waals surface area (Å²) in [5.74, 6) is 0. The van der Waals surface area contributed by atoms with E-state index >= 15 is 0 Å². The Morgan fingerprint density at radius 3 is 0.846 bits per heavy atom. The number of nitrogens with zero attached hydrogens (tertiary/aromatic N) is 2. The first kappa shape index (κ1) is 40.1. The van der Waals surface area contributed by atoms with Crippen molar-refractivity contribution >= 4 is 0 Å². The number of unbranched alkanes of at least 4 members (excludes halogenated alkanes) is 4. The maximum absolute atomic E-state index is 7.50. The number of rotatable bonds is 12. The van der Waals surface area contributed by atoms with Crippen LogP contribution in [0.2, 0.25) is 0 Å². The number of hydrogen-bond donors (Lipinski definition) is 0. The summed E-state index contributed by atoms with van der Waals surface area (Å²) < 4.78 is 23.9. The van der Waals surface area contributed by atoms with Gasteiger partial charge >= 0.3 is 33.9 Å². The molecule has 0 spiro atoms. The summed E-state index contributed by atoms with van der Waals surface area (Å²) in [5, 5.41) is 0. The zero-order chi connectivity index (χ0) is 21.0. The van der Waals surface area contributed by atoms with Crippen molar-refractivity contribution in [1.29, 1.82) is 0 Å². The molecule has 0 aliphatic heterocycles. The molecule has 0 aromatic carbocycles. The molecule has 0 aliphatic carbocycles. The van der Waals surface area contributed by atoms with Crippen LogP contribution in [-0.4, -0.2) is 30.7 Å². The van der Waals surface area contributed by atoms with Gasteiger partial charge in [0.2, 0.25) is 0 Å². The van der Waals surface area contributed by atoms with Gasteiger partial charge in [0.1, 0.15) is 5.59 Å². The van der Waals surface area contributed by atoms with E-state index in [0.29, 0.717) is 0 Å². The first-order chi connectivity index (χ1) is 12.2. The third kappa shape index (κ3) is 31.1. The average molecular weight is 412 g/mol. The molecule has 0 aromatic rings. The minimum atomic E-state index is 0. The van der Waals surface area contributed by atoms with Crippen LogP contribution >= 0.6 is 0 Å². The molecule has 0 fully saturated rings. The van der Waals surface area contributed by atoms with Gasteiger partial charge in [-0.3, -0.25) is 0 Å². The van der Waals surface area contributed by atoms with Crippen molar-refractivity contribution in [2.45, 2.75) is 79.1 Å².